The van der Waals surface area contributed by atoms with Crippen LogP contribution in [0.1, 0.15) is 6.42 Å². The Morgan fingerprint density at radius 3 is 1.53 bits per heavy atom. The molecule has 0 radical (unpaired) electrons. The molecule has 0 unspecified atom stereocenters. The SMILES string of the molecule is O=C1CC(C(F)(F)F)(C(F)(F)F)C(=O)N1. The lowest BCUT2D eigenvalue weighted by atomic mass is 9.84. The van der Waals surface area contributed by atoms with Gasteiger partial charge in [-0.25, -0.2) is 0 Å². The van der Waals surface area contributed by atoms with Crippen LogP contribution in [0.2, 0.25) is 0 Å². The van der Waals surface area contributed by atoms with E-state index in [9.17, 15) is 35.9 Å². The van der Waals surface area contributed by atoms with Gasteiger partial charge in [-0.15, -0.1) is 0 Å². The van der Waals surface area contributed by atoms with E-state index in [0.29, 0.717) is 0 Å². The van der Waals surface area contributed by atoms with E-state index in [-0.39, 0.29) is 0 Å². The molecule has 2 amide bonds. The van der Waals surface area contributed by atoms with Gasteiger partial charge in [0.2, 0.25) is 11.3 Å². The minimum atomic E-state index is -5.85. The van der Waals surface area contributed by atoms with E-state index in [1.54, 1.807) is 0 Å². The largest absolute Gasteiger partial charge is 0.412 e. The van der Waals surface area contributed by atoms with Crippen LogP contribution in [0, 0.1) is 5.41 Å². The molecule has 1 N–H and O–H groups in total. The lowest BCUT2D eigenvalue weighted by molar-refractivity contribution is -0.320. The van der Waals surface area contributed by atoms with Crippen LogP contribution in [0.5, 0.6) is 0 Å². The van der Waals surface area contributed by atoms with E-state index in [2.05, 4.69) is 0 Å². The van der Waals surface area contributed by atoms with Gasteiger partial charge in [0.25, 0.3) is 5.91 Å². The highest BCUT2D eigenvalue weighted by molar-refractivity contribution is 6.06. The molecule has 1 saturated heterocycles. The number of imide groups is 1. The average molecular weight is 235 g/mol. The molecule has 1 aliphatic rings. The number of hydrogen-bond donors (Lipinski definition) is 1. The molecule has 0 atom stereocenters. The van der Waals surface area contributed by atoms with Crippen molar-refractivity contribution in [2.24, 2.45) is 5.41 Å². The second-order valence-corrected chi connectivity index (χ2v) is 2.95. The summed E-state index contributed by atoms with van der Waals surface area (Å²) in [6.07, 6.45) is -13.6. The summed E-state index contributed by atoms with van der Waals surface area (Å²) in [5, 5.41) is 1.00. The molecule has 1 heterocycles. The second-order valence-electron chi connectivity index (χ2n) is 2.95. The van der Waals surface area contributed by atoms with Gasteiger partial charge in [-0.2, -0.15) is 26.3 Å². The quantitative estimate of drug-likeness (QED) is 0.505. The van der Waals surface area contributed by atoms with Gasteiger partial charge in [0.15, 0.2) is 0 Å². The van der Waals surface area contributed by atoms with Crippen molar-refractivity contribution in [2.75, 3.05) is 0 Å². The number of carbonyl (C=O) groups is 2. The first-order valence-corrected chi connectivity index (χ1v) is 3.50. The fraction of sp³-hybridized carbons (Fsp3) is 0.667. The maximum Gasteiger partial charge on any atom is 0.412 e. The molecule has 0 aromatic heterocycles. The van der Waals surface area contributed by atoms with Crippen molar-refractivity contribution in [3.63, 3.8) is 0 Å². The van der Waals surface area contributed by atoms with Crippen molar-refractivity contribution < 1.29 is 35.9 Å². The van der Waals surface area contributed by atoms with Gasteiger partial charge in [0, 0.05) is 0 Å². The van der Waals surface area contributed by atoms with Gasteiger partial charge in [-0.1, -0.05) is 0 Å². The highest BCUT2D eigenvalue weighted by Gasteiger charge is 2.78. The van der Waals surface area contributed by atoms with Gasteiger partial charge >= 0.3 is 12.4 Å². The van der Waals surface area contributed by atoms with E-state index in [0.717, 1.165) is 5.32 Å². The molecule has 15 heavy (non-hydrogen) atoms. The van der Waals surface area contributed by atoms with Crippen LogP contribution in [0.3, 0.4) is 0 Å². The Labute approximate surface area is 78.4 Å². The molecular weight excluding hydrogens is 232 g/mol. The predicted octanol–water partition coefficient (Wildman–Crippen LogP) is 1.14. The molecule has 9 heteroatoms. The van der Waals surface area contributed by atoms with Crippen LogP contribution in [-0.4, -0.2) is 24.2 Å². The average Bonchev–Trinajstić information content (AvgIpc) is 2.23. The Bertz CT molecular complexity index is 303. The van der Waals surface area contributed by atoms with Crippen LogP contribution < -0.4 is 5.32 Å². The van der Waals surface area contributed by atoms with Crippen LogP contribution in [0.15, 0.2) is 0 Å². The van der Waals surface area contributed by atoms with E-state index < -0.39 is 36.0 Å². The maximum atomic E-state index is 12.2. The second kappa shape index (κ2) is 2.86. The summed E-state index contributed by atoms with van der Waals surface area (Å²) in [7, 11) is 0. The number of alkyl halides is 6. The number of halogens is 6. The zero-order valence-corrected chi connectivity index (χ0v) is 6.79. The van der Waals surface area contributed by atoms with Crippen molar-refractivity contribution in [1.82, 2.24) is 5.32 Å². The smallest absolute Gasteiger partial charge is 0.295 e. The first-order valence-electron chi connectivity index (χ1n) is 3.50. The molecule has 0 saturated carbocycles. The Morgan fingerprint density at radius 1 is 1.00 bits per heavy atom. The molecule has 3 nitrogen and oxygen atoms in total. The third-order valence-corrected chi connectivity index (χ3v) is 2.03. The fourth-order valence-corrected chi connectivity index (χ4v) is 1.22. The molecule has 0 bridgehead atoms. The molecule has 0 aliphatic carbocycles. The van der Waals surface area contributed by atoms with E-state index in [1.807, 2.05) is 0 Å². The van der Waals surface area contributed by atoms with E-state index >= 15 is 0 Å². The van der Waals surface area contributed by atoms with Gasteiger partial charge in [0.05, 0.1) is 6.42 Å². The van der Waals surface area contributed by atoms with Gasteiger partial charge in [0.1, 0.15) is 0 Å². The highest BCUT2D eigenvalue weighted by Crippen LogP contribution is 2.54. The van der Waals surface area contributed by atoms with Crippen molar-refractivity contribution in [3.8, 4) is 0 Å². The first kappa shape index (κ1) is 11.8. The van der Waals surface area contributed by atoms with Gasteiger partial charge < -0.3 is 0 Å². The summed E-state index contributed by atoms with van der Waals surface area (Å²) < 4.78 is 73.2. The number of carbonyl (C=O) groups excluding carboxylic acids is 2. The molecule has 0 aromatic carbocycles. The van der Waals surface area contributed by atoms with Crippen LogP contribution in [0.4, 0.5) is 26.3 Å². The summed E-state index contributed by atoms with van der Waals surface area (Å²) in [5.41, 5.74) is -4.60. The highest BCUT2D eigenvalue weighted by atomic mass is 19.4. The predicted molar refractivity (Wildman–Crippen MR) is 32.3 cm³/mol. The third-order valence-electron chi connectivity index (χ3n) is 2.03. The first-order chi connectivity index (χ1) is 6.52. The van der Waals surface area contributed by atoms with Crippen molar-refractivity contribution in [2.45, 2.75) is 18.8 Å². The fourth-order valence-electron chi connectivity index (χ4n) is 1.22. The normalized spacial score (nSPS) is 21.7. The lowest BCUT2D eigenvalue weighted by Gasteiger charge is -2.29. The topological polar surface area (TPSA) is 46.2 Å². The van der Waals surface area contributed by atoms with Crippen LogP contribution in [0.25, 0.3) is 0 Å². The molecule has 86 valence electrons. The standard InChI is InChI=1S/C6H3F6NO2/c7-5(8,9)4(6(10,11)12)1-2(14)13-3(4)15/h1H2,(H,13,14,15). The number of nitrogens with one attached hydrogen (secondary N) is 1. The zero-order chi connectivity index (χ0) is 12.1. The Balaban J connectivity index is 3.33. The summed E-state index contributed by atoms with van der Waals surface area (Å²) in [5.74, 6) is -3.96. The molecule has 1 rings (SSSR count). The van der Waals surface area contributed by atoms with Crippen LogP contribution >= 0.6 is 0 Å². The van der Waals surface area contributed by atoms with E-state index in [1.165, 1.54) is 0 Å². The Hall–Kier alpha value is -1.28. The number of amides is 2. The Morgan fingerprint density at radius 2 is 1.40 bits per heavy atom. The Kier molecular flexibility index (Phi) is 2.25. The minimum Gasteiger partial charge on any atom is -0.295 e. The zero-order valence-electron chi connectivity index (χ0n) is 6.79. The van der Waals surface area contributed by atoms with Gasteiger partial charge in [-0.3, -0.25) is 14.9 Å². The minimum absolute atomic E-state index is 1.00. The molecule has 0 aromatic rings. The summed E-state index contributed by atoms with van der Waals surface area (Å²) in [6.45, 7) is 0. The van der Waals surface area contributed by atoms with Crippen molar-refractivity contribution in [3.05, 3.63) is 0 Å². The van der Waals surface area contributed by atoms with Crippen molar-refractivity contribution >= 4 is 11.8 Å². The summed E-state index contributed by atoms with van der Waals surface area (Å²) in [4.78, 5) is 21.1. The molecule has 1 fully saturated rings. The molecule has 0 spiro atoms. The summed E-state index contributed by atoms with van der Waals surface area (Å²) >= 11 is 0. The lowest BCUT2D eigenvalue weighted by Crippen LogP contribution is -2.54. The maximum absolute atomic E-state index is 12.2. The number of rotatable bonds is 0. The molecule has 1 aliphatic heterocycles. The van der Waals surface area contributed by atoms with Crippen molar-refractivity contribution in [1.29, 1.82) is 0 Å². The van der Waals surface area contributed by atoms with Gasteiger partial charge in [-0.05, 0) is 0 Å². The molecular formula is C6H3F6NO2. The summed E-state index contributed by atoms with van der Waals surface area (Å²) in [6, 6.07) is 0. The third kappa shape index (κ3) is 1.45. The monoisotopic (exact) mass is 235 g/mol. The van der Waals surface area contributed by atoms with E-state index in [4.69, 9.17) is 0 Å². The number of hydrogen-bond acceptors (Lipinski definition) is 2. The van der Waals surface area contributed by atoms with Crippen LogP contribution in [-0.2, 0) is 9.59 Å².